The van der Waals surface area contributed by atoms with Crippen LogP contribution >= 0.6 is 15.9 Å². The van der Waals surface area contributed by atoms with Crippen molar-refractivity contribution in [3.63, 3.8) is 0 Å². The molecule has 1 aromatic carbocycles. The molecule has 3 fully saturated rings. The molecule has 2 heterocycles. The first kappa shape index (κ1) is 24.5. The predicted molar refractivity (Wildman–Crippen MR) is 135 cm³/mol. The molecule has 3 aliphatic rings. The summed E-state index contributed by atoms with van der Waals surface area (Å²) in [6.45, 7) is 8.17. The summed E-state index contributed by atoms with van der Waals surface area (Å²) < 4.78 is 0.959. The van der Waals surface area contributed by atoms with Gasteiger partial charge in [0.1, 0.15) is 0 Å². The molecule has 3 amide bonds. The maximum Gasteiger partial charge on any atom is 0.320 e. The number of likely N-dealkylation sites (tertiary alicyclic amines) is 2. The molecule has 33 heavy (non-hydrogen) atoms. The Kier molecular flexibility index (Phi) is 7.39. The van der Waals surface area contributed by atoms with Gasteiger partial charge in [0.2, 0.25) is 0 Å². The highest BCUT2D eigenvalue weighted by Gasteiger charge is 2.38. The highest BCUT2D eigenvalue weighted by molar-refractivity contribution is 9.10. The number of amides is 3. The number of benzene rings is 1. The fourth-order valence-electron chi connectivity index (χ4n) is 5.74. The third kappa shape index (κ3) is 5.56. The second-order valence-electron chi connectivity index (χ2n) is 11.0. The van der Waals surface area contributed by atoms with Gasteiger partial charge in [0.05, 0.1) is 6.04 Å². The van der Waals surface area contributed by atoms with Crippen molar-refractivity contribution >= 4 is 27.9 Å². The standard InChI is InChI=1S/C26H39BrN4O2/c1-26(2)13-9-21(10-14-26)30-15-11-23(17-30)29(4)25(33)31-16-12-22(18-31)28(3)24(32)19-5-7-20(27)8-6-19/h5-8,21-23H,9-18H2,1-4H3/t22-,23?/m0/s1. The average molecular weight is 520 g/mol. The summed E-state index contributed by atoms with van der Waals surface area (Å²) in [6, 6.07) is 8.60. The Morgan fingerprint density at radius 2 is 1.52 bits per heavy atom. The first-order chi connectivity index (χ1) is 15.6. The third-order valence-electron chi connectivity index (χ3n) is 8.26. The van der Waals surface area contributed by atoms with Crippen LogP contribution in [0.3, 0.4) is 0 Å². The van der Waals surface area contributed by atoms with E-state index >= 15 is 0 Å². The highest BCUT2D eigenvalue weighted by atomic mass is 79.9. The maximum absolute atomic E-state index is 13.3. The predicted octanol–water partition coefficient (Wildman–Crippen LogP) is 4.69. The molecule has 0 bridgehead atoms. The van der Waals surface area contributed by atoms with Crippen LogP contribution in [0, 0.1) is 5.41 Å². The molecule has 2 saturated heterocycles. The summed E-state index contributed by atoms with van der Waals surface area (Å²) in [5, 5.41) is 0. The molecule has 1 unspecified atom stereocenters. The molecule has 2 atom stereocenters. The second kappa shape index (κ2) is 9.95. The van der Waals surface area contributed by atoms with E-state index in [2.05, 4.69) is 34.7 Å². The number of carbonyl (C=O) groups excluding carboxylic acids is 2. The average Bonchev–Trinajstić information content (AvgIpc) is 3.48. The molecule has 0 N–H and O–H groups in total. The molecular formula is C26H39BrN4O2. The van der Waals surface area contributed by atoms with Crippen molar-refractivity contribution in [2.45, 2.75) is 70.5 Å². The molecule has 2 aliphatic heterocycles. The summed E-state index contributed by atoms with van der Waals surface area (Å²) in [5.74, 6) is 0.0113. The Balaban J connectivity index is 1.28. The van der Waals surface area contributed by atoms with Crippen LogP contribution in [0.2, 0.25) is 0 Å². The van der Waals surface area contributed by atoms with E-state index < -0.39 is 0 Å². The zero-order valence-electron chi connectivity index (χ0n) is 20.6. The number of halogens is 1. The van der Waals surface area contributed by atoms with Crippen LogP contribution in [0.15, 0.2) is 28.7 Å². The quantitative estimate of drug-likeness (QED) is 0.580. The van der Waals surface area contributed by atoms with Gasteiger partial charge in [-0.3, -0.25) is 9.69 Å². The second-order valence-corrected chi connectivity index (χ2v) is 12.0. The number of carbonyl (C=O) groups is 2. The number of rotatable bonds is 4. The number of likely N-dealkylation sites (N-methyl/N-ethyl adjacent to an activating group) is 2. The van der Waals surface area contributed by atoms with E-state index in [1.807, 2.05) is 48.2 Å². The van der Waals surface area contributed by atoms with E-state index in [4.69, 9.17) is 0 Å². The van der Waals surface area contributed by atoms with E-state index in [9.17, 15) is 9.59 Å². The van der Waals surface area contributed by atoms with Gasteiger partial charge in [-0.25, -0.2) is 4.79 Å². The van der Waals surface area contributed by atoms with Crippen LogP contribution in [0.4, 0.5) is 4.79 Å². The summed E-state index contributed by atoms with van der Waals surface area (Å²) in [5.41, 5.74) is 1.17. The van der Waals surface area contributed by atoms with Crippen molar-refractivity contribution in [2.24, 2.45) is 5.41 Å². The summed E-state index contributed by atoms with van der Waals surface area (Å²) in [4.78, 5) is 34.5. The molecule has 0 spiro atoms. The van der Waals surface area contributed by atoms with Crippen molar-refractivity contribution in [1.82, 2.24) is 19.6 Å². The van der Waals surface area contributed by atoms with Gasteiger partial charge in [-0.1, -0.05) is 29.8 Å². The smallest absolute Gasteiger partial charge is 0.320 e. The minimum absolute atomic E-state index is 0.0113. The van der Waals surface area contributed by atoms with Gasteiger partial charge < -0.3 is 14.7 Å². The van der Waals surface area contributed by atoms with Crippen LogP contribution in [0.25, 0.3) is 0 Å². The highest BCUT2D eigenvalue weighted by Crippen LogP contribution is 2.38. The number of hydrogen-bond donors (Lipinski definition) is 0. The molecule has 7 heteroatoms. The number of urea groups is 1. The minimum Gasteiger partial charge on any atom is -0.337 e. The van der Waals surface area contributed by atoms with Gasteiger partial charge in [0, 0.05) is 62.4 Å². The summed E-state index contributed by atoms with van der Waals surface area (Å²) in [7, 11) is 3.82. The van der Waals surface area contributed by atoms with Crippen molar-refractivity contribution < 1.29 is 9.59 Å². The van der Waals surface area contributed by atoms with Gasteiger partial charge in [-0.15, -0.1) is 0 Å². The molecule has 6 nitrogen and oxygen atoms in total. The molecule has 182 valence electrons. The maximum atomic E-state index is 13.3. The summed E-state index contributed by atoms with van der Waals surface area (Å²) in [6.07, 6.45) is 7.05. The molecule has 1 saturated carbocycles. The number of nitrogens with zero attached hydrogens (tertiary/aromatic N) is 4. The monoisotopic (exact) mass is 518 g/mol. The normalized spacial score (nSPS) is 25.9. The van der Waals surface area contributed by atoms with Gasteiger partial charge in [0.15, 0.2) is 0 Å². The van der Waals surface area contributed by atoms with E-state index in [0.717, 1.165) is 30.4 Å². The third-order valence-corrected chi connectivity index (χ3v) is 8.79. The molecule has 0 aromatic heterocycles. The van der Waals surface area contributed by atoms with Crippen LogP contribution in [-0.2, 0) is 0 Å². The number of hydrogen-bond acceptors (Lipinski definition) is 3. The van der Waals surface area contributed by atoms with Gasteiger partial charge in [-0.05, 0) is 68.2 Å². The largest absolute Gasteiger partial charge is 0.337 e. The SMILES string of the molecule is CN(C(=O)N1CC[C@H](N(C)C(=O)c2ccc(Br)cc2)C1)C1CCN(C2CCC(C)(C)CC2)C1. The minimum atomic E-state index is 0.0113. The van der Waals surface area contributed by atoms with Crippen molar-refractivity contribution in [2.75, 3.05) is 40.3 Å². The first-order valence-corrected chi connectivity index (χ1v) is 13.2. The Labute approximate surface area is 207 Å². The molecular weight excluding hydrogens is 480 g/mol. The molecule has 0 radical (unpaired) electrons. The zero-order valence-corrected chi connectivity index (χ0v) is 22.2. The van der Waals surface area contributed by atoms with Crippen LogP contribution < -0.4 is 0 Å². The Hall–Kier alpha value is -1.60. The van der Waals surface area contributed by atoms with Gasteiger partial charge in [0.25, 0.3) is 5.91 Å². The zero-order chi connectivity index (χ0) is 23.8. The van der Waals surface area contributed by atoms with E-state index in [1.165, 1.54) is 25.7 Å². The lowest BCUT2D eigenvalue weighted by molar-refractivity contribution is 0.0733. The topological polar surface area (TPSA) is 47.1 Å². The Bertz CT molecular complexity index is 848. The van der Waals surface area contributed by atoms with Crippen molar-refractivity contribution in [3.05, 3.63) is 34.3 Å². The fourth-order valence-corrected chi connectivity index (χ4v) is 6.00. The molecule has 1 aliphatic carbocycles. The molecule has 1 aromatic rings. The van der Waals surface area contributed by atoms with Gasteiger partial charge in [-0.2, -0.15) is 0 Å². The van der Waals surface area contributed by atoms with E-state index in [-0.39, 0.29) is 24.0 Å². The summed E-state index contributed by atoms with van der Waals surface area (Å²) >= 11 is 3.42. The Morgan fingerprint density at radius 3 is 2.18 bits per heavy atom. The van der Waals surface area contributed by atoms with E-state index in [1.54, 1.807) is 4.90 Å². The fraction of sp³-hybridized carbons (Fsp3) is 0.692. The lowest BCUT2D eigenvalue weighted by Gasteiger charge is -2.39. The van der Waals surface area contributed by atoms with Crippen LogP contribution in [-0.4, -0.2) is 89.9 Å². The molecule has 4 rings (SSSR count). The van der Waals surface area contributed by atoms with Crippen LogP contribution in [0.5, 0.6) is 0 Å². The first-order valence-electron chi connectivity index (χ1n) is 12.4. The van der Waals surface area contributed by atoms with Crippen molar-refractivity contribution in [3.8, 4) is 0 Å². The lowest BCUT2D eigenvalue weighted by atomic mass is 9.75. The Morgan fingerprint density at radius 1 is 0.909 bits per heavy atom. The lowest BCUT2D eigenvalue weighted by Crippen LogP contribution is -2.48. The van der Waals surface area contributed by atoms with Crippen molar-refractivity contribution in [1.29, 1.82) is 0 Å². The van der Waals surface area contributed by atoms with Crippen LogP contribution in [0.1, 0.15) is 62.7 Å². The van der Waals surface area contributed by atoms with E-state index in [0.29, 0.717) is 30.1 Å². The van der Waals surface area contributed by atoms with Gasteiger partial charge >= 0.3 is 6.03 Å².